The van der Waals surface area contributed by atoms with Crippen LogP contribution in [0.25, 0.3) is 0 Å². The van der Waals surface area contributed by atoms with Crippen molar-refractivity contribution < 1.29 is 4.74 Å². The molecule has 0 amide bonds. The van der Waals surface area contributed by atoms with Gasteiger partial charge in [-0.2, -0.15) is 0 Å². The third-order valence-corrected chi connectivity index (χ3v) is 4.95. The van der Waals surface area contributed by atoms with E-state index in [-0.39, 0.29) is 0 Å². The van der Waals surface area contributed by atoms with Crippen LogP contribution in [0.3, 0.4) is 0 Å². The molecule has 3 heterocycles. The summed E-state index contributed by atoms with van der Waals surface area (Å²) in [7, 11) is 2.10. The van der Waals surface area contributed by atoms with E-state index in [1.165, 1.54) is 16.4 Å². The normalized spacial score (nSPS) is 20.0. The van der Waals surface area contributed by atoms with Crippen LogP contribution in [-0.2, 0) is 24.8 Å². The first kappa shape index (κ1) is 14.8. The summed E-state index contributed by atoms with van der Waals surface area (Å²) >= 11 is 1.79. The summed E-state index contributed by atoms with van der Waals surface area (Å²) < 4.78 is 7.89. The van der Waals surface area contributed by atoms with Crippen molar-refractivity contribution in [3.8, 4) is 0 Å². The van der Waals surface area contributed by atoms with Crippen LogP contribution in [0.5, 0.6) is 0 Å². The molecule has 0 unspecified atom stereocenters. The van der Waals surface area contributed by atoms with Crippen LogP contribution in [0.1, 0.15) is 35.8 Å². The molecular formula is C16H23N3OS. The number of aryl methyl sites for hydroxylation is 2. The quantitative estimate of drug-likeness (QED) is 0.850. The van der Waals surface area contributed by atoms with Gasteiger partial charge in [-0.25, -0.2) is 4.98 Å². The number of hydrogen-bond donors (Lipinski definition) is 0. The summed E-state index contributed by atoms with van der Waals surface area (Å²) in [5.74, 6) is 0. The maximum absolute atomic E-state index is 5.70. The van der Waals surface area contributed by atoms with E-state index < -0.39 is 0 Å². The fraction of sp³-hybridized carbons (Fsp3) is 0.562. The number of rotatable bonds is 5. The lowest BCUT2D eigenvalue weighted by Gasteiger charge is -2.35. The monoisotopic (exact) mass is 305 g/mol. The molecule has 0 bridgehead atoms. The van der Waals surface area contributed by atoms with E-state index in [9.17, 15) is 0 Å². The van der Waals surface area contributed by atoms with Gasteiger partial charge >= 0.3 is 0 Å². The smallest absolute Gasteiger partial charge is 0.0928 e. The molecule has 0 radical (unpaired) electrons. The zero-order valence-corrected chi connectivity index (χ0v) is 13.6. The Hall–Kier alpha value is -1.17. The van der Waals surface area contributed by atoms with E-state index in [0.717, 1.165) is 39.1 Å². The summed E-state index contributed by atoms with van der Waals surface area (Å²) in [5.41, 5.74) is 2.52. The first-order valence-corrected chi connectivity index (χ1v) is 8.52. The van der Waals surface area contributed by atoms with Crippen molar-refractivity contribution in [3.05, 3.63) is 40.1 Å². The van der Waals surface area contributed by atoms with E-state index in [0.29, 0.717) is 6.04 Å². The molecule has 1 atom stereocenters. The highest BCUT2D eigenvalue weighted by molar-refractivity contribution is 7.09. The van der Waals surface area contributed by atoms with Gasteiger partial charge in [0.2, 0.25) is 0 Å². The zero-order chi connectivity index (χ0) is 14.7. The van der Waals surface area contributed by atoms with Crippen molar-refractivity contribution in [1.29, 1.82) is 0 Å². The number of morpholine rings is 1. The molecule has 0 spiro atoms. The molecule has 4 nitrogen and oxygen atoms in total. The van der Waals surface area contributed by atoms with Gasteiger partial charge in [0.15, 0.2) is 0 Å². The van der Waals surface area contributed by atoms with Crippen molar-refractivity contribution in [2.75, 3.05) is 19.8 Å². The van der Waals surface area contributed by atoms with Gasteiger partial charge in [0.25, 0.3) is 0 Å². The fourth-order valence-corrected chi connectivity index (χ4v) is 3.77. The number of aromatic nitrogens is 2. The second kappa shape index (κ2) is 6.73. The highest BCUT2D eigenvalue weighted by Gasteiger charge is 2.26. The predicted molar refractivity (Wildman–Crippen MR) is 85.5 cm³/mol. The van der Waals surface area contributed by atoms with Crippen LogP contribution >= 0.6 is 11.3 Å². The second-order valence-corrected chi connectivity index (χ2v) is 6.53. The molecule has 3 rings (SSSR count). The number of thiazole rings is 1. The first-order valence-electron chi connectivity index (χ1n) is 7.64. The lowest BCUT2D eigenvalue weighted by atomic mass is 10.1. The van der Waals surface area contributed by atoms with Gasteiger partial charge in [0, 0.05) is 37.4 Å². The molecule has 2 aromatic heterocycles. The molecule has 1 aliphatic heterocycles. The van der Waals surface area contributed by atoms with Gasteiger partial charge in [-0.05, 0) is 25.0 Å². The standard InChI is InChI=1S/C16H23N3OS/c1-3-5-16-17-13(12-21-16)10-19-8-9-20-11-15(19)14-6-4-7-18(14)2/h4,6-7,12,15H,3,5,8-11H2,1-2H3/t15-/m0/s1. The summed E-state index contributed by atoms with van der Waals surface area (Å²) in [6.07, 6.45) is 4.36. The van der Waals surface area contributed by atoms with E-state index in [4.69, 9.17) is 9.72 Å². The Morgan fingerprint density at radius 2 is 2.38 bits per heavy atom. The molecule has 0 aliphatic carbocycles. The highest BCUT2D eigenvalue weighted by atomic mass is 32.1. The minimum Gasteiger partial charge on any atom is -0.378 e. The van der Waals surface area contributed by atoms with Gasteiger partial charge in [-0.3, -0.25) is 4.90 Å². The minimum atomic E-state index is 0.329. The first-order chi connectivity index (χ1) is 10.3. The van der Waals surface area contributed by atoms with Gasteiger partial charge < -0.3 is 9.30 Å². The third kappa shape index (κ3) is 3.36. The van der Waals surface area contributed by atoms with E-state index in [2.05, 4.69) is 47.1 Å². The Kier molecular flexibility index (Phi) is 4.73. The minimum absolute atomic E-state index is 0.329. The third-order valence-electron chi connectivity index (χ3n) is 3.99. The number of ether oxygens (including phenoxy) is 1. The fourth-order valence-electron chi connectivity index (χ4n) is 2.88. The molecule has 5 heteroatoms. The average molecular weight is 305 g/mol. The molecule has 0 N–H and O–H groups in total. The molecule has 1 fully saturated rings. The molecule has 0 aromatic carbocycles. The van der Waals surface area contributed by atoms with E-state index >= 15 is 0 Å². The van der Waals surface area contributed by atoms with Crippen LogP contribution in [-0.4, -0.2) is 34.2 Å². The summed E-state index contributed by atoms with van der Waals surface area (Å²) in [4.78, 5) is 7.25. The summed E-state index contributed by atoms with van der Waals surface area (Å²) in [6.45, 7) is 5.67. The Morgan fingerprint density at radius 1 is 1.48 bits per heavy atom. The van der Waals surface area contributed by atoms with Crippen LogP contribution < -0.4 is 0 Å². The molecular weight excluding hydrogens is 282 g/mol. The molecule has 1 saturated heterocycles. The summed E-state index contributed by atoms with van der Waals surface area (Å²) in [6, 6.07) is 4.62. The van der Waals surface area contributed by atoms with Crippen molar-refractivity contribution >= 4 is 11.3 Å². The Balaban J connectivity index is 1.73. The van der Waals surface area contributed by atoms with Gasteiger partial charge in [0.05, 0.1) is 30.0 Å². The average Bonchev–Trinajstić information content (AvgIpc) is 3.09. The SMILES string of the molecule is CCCc1nc(CN2CCOC[C@H]2c2cccn2C)cs1. The van der Waals surface area contributed by atoms with Gasteiger partial charge in [-0.15, -0.1) is 11.3 Å². The Bertz CT molecular complexity index is 578. The maximum atomic E-state index is 5.70. The second-order valence-electron chi connectivity index (χ2n) is 5.59. The largest absolute Gasteiger partial charge is 0.378 e. The molecule has 21 heavy (non-hydrogen) atoms. The van der Waals surface area contributed by atoms with Crippen LogP contribution in [0.4, 0.5) is 0 Å². The van der Waals surface area contributed by atoms with Crippen molar-refractivity contribution in [3.63, 3.8) is 0 Å². The molecule has 2 aromatic rings. The van der Waals surface area contributed by atoms with Crippen molar-refractivity contribution in [2.45, 2.75) is 32.4 Å². The van der Waals surface area contributed by atoms with E-state index in [1.54, 1.807) is 11.3 Å². The molecule has 114 valence electrons. The summed E-state index contributed by atoms with van der Waals surface area (Å²) in [5, 5.41) is 3.47. The number of hydrogen-bond acceptors (Lipinski definition) is 4. The van der Waals surface area contributed by atoms with Crippen LogP contribution in [0, 0.1) is 0 Å². The molecule has 1 aliphatic rings. The van der Waals surface area contributed by atoms with E-state index in [1.807, 2.05) is 0 Å². The van der Waals surface area contributed by atoms with Crippen LogP contribution in [0.2, 0.25) is 0 Å². The maximum Gasteiger partial charge on any atom is 0.0928 e. The van der Waals surface area contributed by atoms with Crippen LogP contribution in [0.15, 0.2) is 23.7 Å². The highest BCUT2D eigenvalue weighted by Crippen LogP contribution is 2.26. The van der Waals surface area contributed by atoms with Gasteiger partial charge in [-0.1, -0.05) is 6.92 Å². The van der Waals surface area contributed by atoms with Crippen molar-refractivity contribution in [1.82, 2.24) is 14.5 Å². The zero-order valence-electron chi connectivity index (χ0n) is 12.8. The Labute approximate surface area is 130 Å². The Morgan fingerprint density at radius 3 is 3.14 bits per heavy atom. The number of nitrogens with zero attached hydrogens (tertiary/aromatic N) is 3. The predicted octanol–water partition coefficient (Wildman–Crippen LogP) is 3.01. The van der Waals surface area contributed by atoms with Gasteiger partial charge in [0.1, 0.15) is 0 Å². The molecule has 0 saturated carbocycles. The topological polar surface area (TPSA) is 30.3 Å². The van der Waals surface area contributed by atoms with Crippen molar-refractivity contribution in [2.24, 2.45) is 7.05 Å². The lowest BCUT2D eigenvalue weighted by molar-refractivity contribution is -0.0156. The lowest BCUT2D eigenvalue weighted by Crippen LogP contribution is -2.39.